The maximum absolute atomic E-state index is 13.2. The fraction of sp³-hybridized carbons (Fsp3) is 0.667. The third kappa shape index (κ3) is 4.75. The molecule has 2 aliphatic rings. The molecule has 156 valence electrons. The number of sulfonamides is 1. The van der Waals surface area contributed by atoms with Crippen molar-refractivity contribution in [2.24, 2.45) is 11.8 Å². The van der Waals surface area contributed by atoms with Crippen LogP contribution in [0, 0.1) is 11.8 Å². The second-order valence-electron chi connectivity index (χ2n) is 8.27. The average Bonchev–Trinajstić information content (AvgIpc) is 3.18. The van der Waals surface area contributed by atoms with Gasteiger partial charge < -0.3 is 9.64 Å². The van der Waals surface area contributed by atoms with Gasteiger partial charge in [-0.25, -0.2) is 8.42 Å². The van der Waals surface area contributed by atoms with Gasteiger partial charge in [0.15, 0.2) is 0 Å². The summed E-state index contributed by atoms with van der Waals surface area (Å²) in [5.74, 6) is 0.533. The van der Waals surface area contributed by atoms with E-state index >= 15 is 0 Å². The molecule has 3 atom stereocenters. The molecule has 2 heterocycles. The van der Waals surface area contributed by atoms with Crippen LogP contribution >= 0.6 is 0 Å². The maximum atomic E-state index is 13.2. The Labute approximate surface area is 168 Å². The van der Waals surface area contributed by atoms with E-state index in [4.69, 9.17) is 4.74 Å². The first kappa shape index (κ1) is 21.3. The molecule has 6 nitrogen and oxygen atoms in total. The van der Waals surface area contributed by atoms with Gasteiger partial charge in [-0.3, -0.25) is 4.79 Å². The van der Waals surface area contributed by atoms with E-state index < -0.39 is 10.0 Å². The van der Waals surface area contributed by atoms with Crippen LogP contribution in [0.5, 0.6) is 0 Å². The molecular weight excluding hydrogens is 376 g/mol. The molecule has 7 heteroatoms. The second kappa shape index (κ2) is 8.93. The summed E-state index contributed by atoms with van der Waals surface area (Å²) in [5.41, 5.74) is 0.416. The van der Waals surface area contributed by atoms with Crippen molar-refractivity contribution in [3.05, 3.63) is 29.8 Å². The minimum Gasteiger partial charge on any atom is -0.376 e. The summed E-state index contributed by atoms with van der Waals surface area (Å²) >= 11 is 0. The fourth-order valence-corrected chi connectivity index (χ4v) is 6.04. The van der Waals surface area contributed by atoms with E-state index in [1.807, 2.05) is 6.92 Å². The Kier molecular flexibility index (Phi) is 6.78. The monoisotopic (exact) mass is 408 g/mol. The van der Waals surface area contributed by atoms with Gasteiger partial charge in [0.25, 0.3) is 5.91 Å². The molecule has 3 rings (SSSR count). The third-order valence-electron chi connectivity index (χ3n) is 5.67. The quantitative estimate of drug-likeness (QED) is 0.726. The van der Waals surface area contributed by atoms with Crippen molar-refractivity contribution < 1.29 is 17.9 Å². The van der Waals surface area contributed by atoms with Crippen LogP contribution in [0.4, 0.5) is 0 Å². The van der Waals surface area contributed by atoms with E-state index in [2.05, 4.69) is 13.8 Å². The lowest BCUT2D eigenvalue weighted by molar-refractivity contribution is 0.0539. The van der Waals surface area contributed by atoms with E-state index in [0.29, 0.717) is 43.6 Å². The fourth-order valence-electron chi connectivity index (χ4n) is 4.31. The summed E-state index contributed by atoms with van der Waals surface area (Å²) in [4.78, 5) is 14.9. The van der Waals surface area contributed by atoms with Crippen molar-refractivity contribution in [1.82, 2.24) is 9.21 Å². The Morgan fingerprint density at radius 3 is 2.57 bits per heavy atom. The summed E-state index contributed by atoms with van der Waals surface area (Å²) in [6.07, 6.45) is 3.10. The number of likely N-dealkylation sites (N-methyl/N-ethyl adjacent to an activating group) is 1. The molecule has 0 N–H and O–H groups in total. The van der Waals surface area contributed by atoms with Gasteiger partial charge in [-0.1, -0.05) is 19.9 Å². The van der Waals surface area contributed by atoms with E-state index in [1.165, 1.54) is 6.07 Å². The number of hydrogen-bond donors (Lipinski definition) is 0. The van der Waals surface area contributed by atoms with Gasteiger partial charge in [0.2, 0.25) is 10.0 Å². The van der Waals surface area contributed by atoms with Gasteiger partial charge in [0.05, 0.1) is 11.0 Å². The highest BCUT2D eigenvalue weighted by Crippen LogP contribution is 2.27. The summed E-state index contributed by atoms with van der Waals surface area (Å²) in [6, 6.07) is 6.48. The lowest BCUT2D eigenvalue weighted by Gasteiger charge is -2.34. The lowest BCUT2D eigenvalue weighted by Crippen LogP contribution is -2.42. The van der Waals surface area contributed by atoms with Gasteiger partial charge >= 0.3 is 0 Å². The highest BCUT2D eigenvalue weighted by Gasteiger charge is 2.32. The highest BCUT2D eigenvalue weighted by atomic mass is 32.2. The molecule has 2 saturated heterocycles. The number of nitrogens with zero attached hydrogens (tertiary/aromatic N) is 2. The number of amides is 1. The van der Waals surface area contributed by atoms with Crippen LogP contribution in [-0.2, 0) is 14.8 Å². The number of rotatable bonds is 6. The van der Waals surface area contributed by atoms with Gasteiger partial charge in [-0.15, -0.1) is 0 Å². The van der Waals surface area contributed by atoms with Gasteiger partial charge in [-0.05, 0) is 56.2 Å². The van der Waals surface area contributed by atoms with E-state index in [-0.39, 0.29) is 16.9 Å². The molecule has 2 aliphatic heterocycles. The molecular formula is C21H32N2O4S. The van der Waals surface area contributed by atoms with Crippen LogP contribution in [-0.4, -0.2) is 62.4 Å². The van der Waals surface area contributed by atoms with Crippen molar-refractivity contribution in [1.29, 1.82) is 0 Å². The maximum Gasteiger partial charge on any atom is 0.253 e. The summed E-state index contributed by atoms with van der Waals surface area (Å²) in [5, 5.41) is 0. The van der Waals surface area contributed by atoms with Crippen molar-refractivity contribution in [2.45, 2.75) is 51.0 Å². The van der Waals surface area contributed by atoms with E-state index in [0.717, 1.165) is 25.9 Å². The molecule has 0 radical (unpaired) electrons. The van der Waals surface area contributed by atoms with E-state index in [1.54, 1.807) is 27.4 Å². The van der Waals surface area contributed by atoms with Gasteiger partial charge in [0, 0.05) is 38.3 Å². The first-order chi connectivity index (χ1) is 13.3. The molecule has 28 heavy (non-hydrogen) atoms. The molecule has 1 amide bonds. The lowest BCUT2D eigenvalue weighted by atomic mass is 9.94. The van der Waals surface area contributed by atoms with Gasteiger partial charge in [0.1, 0.15) is 0 Å². The van der Waals surface area contributed by atoms with Gasteiger partial charge in [-0.2, -0.15) is 4.31 Å². The second-order valence-corrected chi connectivity index (χ2v) is 10.2. The van der Waals surface area contributed by atoms with Crippen LogP contribution in [0.1, 0.15) is 50.4 Å². The predicted octanol–water partition coefficient (Wildman–Crippen LogP) is 2.99. The van der Waals surface area contributed by atoms with Crippen molar-refractivity contribution in [3.63, 3.8) is 0 Å². The molecule has 3 unspecified atom stereocenters. The zero-order valence-electron chi connectivity index (χ0n) is 17.1. The predicted molar refractivity (Wildman–Crippen MR) is 109 cm³/mol. The molecule has 0 aliphatic carbocycles. The summed E-state index contributed by atoms with van der Waals surface area (Å²) < 4.78 is 33.5. The Morgan fingerprint density at radius 2 is 1.96 bits per heavy atom. The molecule has 0 aromatic heterocycles. The third-order valence-corrected chi connectivity index (χ3v) is 7.50. The minimum absolute atomic E-state index is 0.0761. The first-order valence-corrected chi connectivity index (χ1v) is 11.8. The Balaban J connectivity index is 1.79. The van der Waals surface area contributed by atoms with Crippen LogP contribution in [0.15, 0.2) is 29.2 Å². The molecule has 0 spiro atoms. The average molecular weight is 409 g/mol. The molecule has 1 aromatic rings. The van der Waals surface area contributed by atoms with Crippen LogP contribution in [0.3, 0.4) is 0 Å². The minimum atomic E-state index is -3.60. The van der Waals surface area contributed by atoms with Crippen LogP contribution in [0.2, 0.25) is 0 Å². The first-order valence-electron chi connectivity index (χ1n) is 10.3. The molecule has 1 aromatic carbocycles. The highest BCUT2D eigenvalue weighted by molar-refractivity contribution is 7.89. The number of ether oxygens (including phenoxy) is 1. The van der Waals surface area contributed by atoms with E-state index in [9.17, 15) is 13.2 Å². The molecule has 0 saturated carbocycles. The number of hydrogen-bond acceptors (Lipinski definition) is 4. The Morgan fingerprint density at radius 1 is 1.25 bits per heavy atom. The van der Waals surface area contributed by atoms with Crippen molar-refractivity contribution in [2.75, 3.05) is 32.8 Å². The number of carbonyl (C=O) groups excluding carboxylic acids is 1. The SMILES string of the molecule is CCN(CC1CCCO1)C(=O)c1cccc(S(=O)(=O)N2CC(C)CC(C)C2)c1. The van der Waals surface area contributed by atoms with Crippen LogP contribution < -0.4 is 0 Å². The standard InChI is InChI=1S/C21H32N2O4S/c1-4-22(15-19-8-6-10-27-19)21(24)18-7-5-9-20(12-18)28(25,26)23-13-16(2)11-17(3)14-23/h5,7,9,12,16-17,19H,4,6,8,10-11,13-15H2,1-3H3. The normalized spacial score (nSPS) is 26.3. The largest absolute Gasteiger partial charge is 0.376 e. The number of piperidine rings is 1. The number of benzene rings is 1. The zero-order valence-corrected chi connectivity index (χ0v) is 18.0. The summed E-state index contributed by atoms with van der Waals surface area (Å²) in [6.45, 7) is 9.03. The Hall–Kier alpha value is -1.44. The summed E-state index contributed by atoms with van der Waals surface area (Å²) in [7, 11) is -3.60. The zero-order chi connectivity index (χ0) is 20.3. The topological polar surface area (TPSA) is 66.9 Å². The molecule has 0 bridgehead atoms. The molecule has 2 fully saturated rings. The smallest absolute Gasteiger partial charge is 0.253 e. The Bertz CT molecular complexity index is 779. The van der Waals surface area contributed by atoms with Crippen molar-refractivity contribution in [3.8, 4) is 0 Å². The van der Waals surface area contributed by atoms with Crippen LogP contribution in [0.25, 0.3) is 0 Å². The van der Waals surface area contributed by atoms with Crippen molar-refractivity contribution >= 4 is 15.9 Å². The number of carbonyl (C=O) groups is 1.